The van der Waals surface area contributed by atoms with E-state index >= 15 is 0 Å². The van der Waals surface area contributed by atoms with E-state index in [1.807, 2.05) is 0 Å². The van der Waals surface area contributed by atoms with Gasteiger partial charge in [-0.2, -0.15) is 0 Å². The molecule has 0 aliphatic carbocycles. The van der Waals surface area contributed by atoms with Gasteiger partial charge in [0, 0.05) is 12.6 Å². The zero-order valence-corrected chi connectivity index (χ0v) is 8.79. The molecule has 1 aliphatic heterocycles. The van der Waals surface area contributed by atoms with E-state index < -0.39 is 0 Å². The monoisotopic (exact) mass is 226 g/mol. The highest BCUT2D eigenvalue weighted by molar-refractivity contribution is 6.29. The summed E-state index contributed by atoms with van der Waals surface area (Å²) >= 11 is 5.57. The van der Waals surface area contributed by atoms with Crippen molar-refractivity contribution >= 4 is 17.5 Å². The Bertz CT molecular complexity index is 348. The standard InChI is InChI=1S/C9H11ClN4O/c10-8-2-1-7(13-14-8)9(15)12-6-3-4-11-5-6/h1-2,6,11H,3-5H2,(H,12,15). The third kappa shape index (κ3) is 2.64. The summed E-state index contributed by atoms with van der Waals surface area (Å²) in [5.41, 5.74) is 0.298. The summed E-state index contributed by atoms with van der Waals surface area (Å²) < 4.78 is 0. The predicted octanol–water partition coefficient (Wildman–Crippen LogP) is 0.222. The molecule has 1 aromatic rings. The maximum Gasteiger partial charge on any atom is 0.272 e. The van der Waals surface area contributed by atoms with Crippen LogP contribution in [-0.4, -0.2) is 35.2 Å². The number of aromatic nitrogens is 2. The lowest BCUT2D eigenvalue weighted by atomic mass is 10.2. The van der Waals surface area contributed by atoms with Gasteiger partial charge in [-0.15, -0.1) is 10.2 Å². The third-order valence-electron chi connectivity index (χ3n) is 2.26. The Morgan fingerprint density at radius 1 is 1.53 bits per heavy atom. The average molecular weight is 227 g/mol. The number of hydrogen-bond acceptors (Lipinski definition) is 4. The van der Waals surface area contributed by atoms with Crippen LogP contribution in [0.15, 0.2) is 12.1 Å². The smallest absolute Gasteiger partial charge is 0.272 e. The van der Waals surface area contributed by atoms with Crippen molar-refractivity contribution in [2.45, 2.75) is 12.5 Å². The van der Waals surface area contributed by atoms with Gasteiger partial charge in [-0.1, -0.05) is 11.6 Å². The molecule has 6 heteroatoms. The van der Waals surface area contributed by atoms with E-state index in [1.54, 1.807) is 12.1 Å². The SMILES string of the molecule is O=C(NC1CCNC1)c1ccc(Cl)nn1. The lowest BCUT2D eigenvalue weighted by Crippen LogP contribution is -2.36. The quantitative estimate of drug-likeness (QED) is 0.757. The number of amides is 1. The number of rotatable bonds is 2. The molecule has 80 valence electrons. The second kappa shape index (κ2) is 4.55. The highest BCUT2D eigenvalue weighted by Crippen LogP contribution is 2.03. The van der Waals surface area contributed by atoms with E-state index in [0.29, 0.717) is 5.69 Å². The van der Waals surface area contributed by atoms with Crippen LogP contribution in [0.25, 0.3) is 0 Å². The number of carbonyl (C=O) groups is 1. The molecular weight excluding hydrogens is 216 g/mol. The van der Waals surface area contributed by atoms with Gasteiger partial charge >= 0.3 is 0 Å². The Kier molecular flexibility index (Phi) is 3.13. The van der Waals surface area contributed by atoms with Crippen LogP contribution in [0.2, 0.25) is 5.15 Å². The number of hydrogen-bond donors (Lipinski definition) is 2. The fraction of sp³-hybridized carbons (Fsp3) is 0.444. The highest BCUT2D eigenvalue weighted by Gasteiger charge is 2.18. The number of halogens is 1. The van der Waals surface area contributed by atoms with Crippen LogP contribution < -0.4 is 10.6 Å². The molecule has 2 N–H and O–H groups in total. The molecule has 2 rings (SSSR count). The average Bonchev–Trinajstić information content (AvgIpc) is 2.71. The molecule has 0 radical (unpaired) electrons. The van der Waals surface area contributed by atoms with Gasteiger partial charge in [-0.3, -0.25) is 4.79 Å². The molecule has 1 unspecified atom stereocenters. The molecule has 0 aromatic carbocycles. The molecule has 1 atom stereocenters. The molecule has 0 saturated carbocycles. The van der Waals surface area contributed by atoms with Crippen LogP contribution in [0.3, 0.4) is 0 Å². The normalized spacial score (nSPS) is 20.2. The van der Waals surface area contributed by atoms with E-state index in [1.165, 1.54) is 0 Å². The maximum absolute atomic E-state index is 11.6. The van der Waals surface area contributed by atoms with Crippen LogP contribution in [0.5, 0.6) is 0 Å². The van der Waals surface area contributed by atoms with Crippen molar-refractivity contribution < 1.29 is 4.79 Å². The molecule has 5 nitrogen and oxygen atoms in total. The predicted molar refractivity (Wildman–Crippen MR) is 55.8 cm³/mol. The summed E-state index contributed by atoms with van der Waals surface area (Å²) in [5, 5.41) is 13.6. The summed E-state index contributed by atoms with van der Waals surface area (Å²) in [4.78, 5) is 11.6. The Morgan fingerprint density at radius 2 is 2.40 bits per heavy atom. The van der Waals surface area contributed by atoms with Gasteiger partial charge in [0.25, 0.3) is 5.91 Å². The van der Waals surface area contributed by atoms with E-state index in [0.717, 1.165) is 19.5 Å². The molecule has 0 spiro atoms. The van der Waals surface area contributed by atoms with Gasteiger partial charge in [0.1, 0.15) is 0 Å². The van der Waals surface area contributed by atoms with Crippen molar-refractivity contribution in [1.29, 1.82) is 0 Å². The van der Waals surface area contributed by atoms with Gasteiger partial charge in [-0.25, -0.2) is 0 Å². The first-order valence-electron chi connectivity index (χ1n) is 4.76. The van der Waals surface area contributed by atoms with Crippen molar-refractivity contribution in [2.24, 2.45) is 0 Å². The van der Waals surface area contributed by atoms with Gasteiger partial charge in [0.15, 0.2) is 10.8 Å². The number of nitrogens with one attached hydrogen (secondary N) is 2. The van der Waals surface area contributed by atoms with Crippen molar-refractivity contribution in [1.82, 2.24) is 20.8 Å². The minimum absolute atomic E-state index is 0.190. The molecule has 1 saturated heterocycles. The fourth-order valence-electron chi connectivity index (χ4n) is 1.47. The number of carbonyl (C=O) groups excluding carboxylic acids is 1. The van der Waals surface area contributed by atoms with Crippen molar-refractivity contribution in [2.75, 3.05) is 13.1 Å². The molecule has 15 heavy (non-hydrogen) atoms. The lowest BCUT2D eigenvalue weighted by molar-refractivity contribution is 0.0934. The molecule has 2 heterocycles. The fourth-order valence-corrected chi connectivity index (χ4v) is 1.58. The summed E-state index contributed by atoms with van der Waals surface area (Å²) in [7, 11) is 0. The summed E-state index contributed by atoms with van der Waals surface area (Å²) in [6.07, 6.45) is 0.951. The summed E-state index contributed by atoms with van der Waals surface area (Å²) in [6, 6.07) is 3.30. The minimum atomic E-state index is -0.201. The summed E-state index contributed by atoms with van der Waals surface area (Å²) in [6.45, 7) is 1.75. The second-order valence-corrected chi connectivity index (χ2v) is 3.79. The molecule has 1 aromatic heterocycles. The molecule has 1 amide bonds. The van der Waals surface area contributed by atoms with E-state index in [2.05, 4.69) is 20.8 Å². The van der Waals surface area contributed by atoms with Gasteiger partial charge < -0.3 is 10.6 Å². The first-order chi connectivity index (χ1) is 7.25. The highest BCUT2D eigenvalue weighted by atomic mass is 35.5. The van der Waals surface area contributed by atoms with E-state index in [4.69, 9.17) is 11.6 Å². The molecule has 1 fully saturated rings. The summed E-state index contributed by atoms with van der Waals surface area (Å²) in [5.74, 6) is -0.201. The Labute approximate surface area is 92.2 Å². The van der Waals surface area contributed by atoms with Crippen molar-refractivity contribution in [3.63, 3.8) is 0 Å². The Balaban J connectivity index is 1.98. The third-order valence-corrected chi connectivity index (χ3v) is 2.46. The minimum Gasteiger partial charge on any atom is -0.347 e. The van der Waals surface area contributed by atoms with Crippen LogP contribution in [0.4, 0.5) is 0 Å². The largest absolute Gasteiger partial charge is 0.347 e. The molecular formula is C9H11ClN4O. The maximum atomic E-state index is 11.6. The van der Waals surface area contributed by atoms with E-state index in [-0.39, 0.29) is 17.1 Å². The zero-order valence-electron chi connectivity index (χ0n) is 8.03. The second-order valence-electron chi connectivity index (χ2n) is 3.40. The zero-order chi connectivity index (χ0) is 10.7. The topological polar surface area (TPSA) is 66.9 Å². The van der Waals surface area contributed by atoms with Gasteiger partial charge in [0.05, 0.1) is 0 Å². The van der Waals surface area contributed by atoms with Crippen LogP contribution in [-0.2, 0) is 0 Å². The van der Waals surface area contributed by atoms with Crippen LogP contribution in [0, 0.1) is 0 Å². The Hall–Kier alpha value is -1.20. The lowest BCUT2D eigenvalue weighted by Gasteiger charge is -2.09. The van der Waals surface area contributed by atoms with E-state index in [9.17, 15) is 4.79 Å². The van der Waals surface area contributed by atoms with Gasteiger partial charge in [0.2, 0.25) is 0 Å². The first-order valence-corrected chi connectivity index (χ1v) is 5.14. The van der Waals surface area contributed by atoms with Gasteiger partial charge in [-0.05, 0) is 25.1 Å². The number of nitrogens with zero attached hydrogens (tertiary/aromatic N) is 2. The Morgan fingerprint density at radius 3 is 3.00 bits per heavy atom. The van der Waals surface area contributed by atoms with Crippen molar-refractivity contribution in [3.05, 3.63) is 23.0 Å². The first kappa shape index (κ1) is 10.3. The molecule has 0 bridgehead atoms. The van der Waals surface area contributed by atoms with Crippen LogP contribution >= 0.6 is 11.6 Å². The van der Waals surface area contributed by atoms with Crippen molar-refractivity contribution in [3.8, 4) is 0 Å². The van der Waals surface area contributed by atoms with Crippen LogP contribution in [0.1, 0.15) is 16.9 Å². The molecule has 1 aliphatic rings.